The first-order chi connectivity index (χ1) is 4.86. The molecule has 0 unspecified atom stereocenters. The van der Waals surface area contributed by atoms with E-state index in [4.69, 9.17) is 23.2 Å². The molecular formula is C8H12Cl2O. The molecular weight excluding hydrogens is 183 g/mol. The lowest BCUT2D eigenvalue weighted by Gasteiger charge is -2.12. The molecule has 0 radical (unpaired) electrons. The fraction of sp³-hybridized carbons (Fsp3) is 0.625. The molecule has 0 fully saturated rings. The molecule has 0 aliphatic carbocycles. The number of allylic oxidation sites excluding steroid dienone is 2. The minimum Gasteiger partial charge on any atom is -0.297 e. The molecule has 0 bridgehead atoms. The number of rotatable bonds is 3. The van der Waals surface area contributed by atoms with E-state index in [1.54, 1.807) is 0 Å². The van der Waals surface area contributed by atoms with Gasteiger partial charge in [-0.1, -0.05) is 34.9 Å². The number of carbonyl (C=O) groups is 1. The highest BCUT2D eigenvalue weighted by atomic mass is 35.5. The van der Waals surface area contributed by atoms with Crippen LogP contribution in [0.15, 0.2) is 11.6 Å². The van der Waals surface area contributed by atoms with Crippen molar-refractivity contribution in [3.8, 4) is 0 Å². The van der Waals surface area contributed by atoms with Crippen molar-refractivity contribution in [2.24, 2.45) is 0 Å². The maximum atomic E-state index is 10.8. The normalized spacial score (nSPS) is 11.0. The van der Waals surface area contributed by atoms with Crippen LogP contribution in [0.1, 0.15) is 27.2 Å². The Kier molecular flexibility index (Phi) is 4.12. The van der Waals surface area contributed by atoms with Crippen LogP contribution >= 0.6 is 23.2 Å². The Bertz CT molecular complexity index is 179. The number of alkyl halides is 2. The van der Waals surface area contributed by atoms with Crippen molar-refractivity contribution >= 4 is 29.0 Å². The van der Waals surface area contributed by atoms with Crippen LogP contribution in [0.4, 0.5) is 0 Å². The van der Waals surface area contributed by atoms with Gasteiger partial charge in [0.05, 0.1) is 0 Å². The SMILES string of the molecule is CC(=O)C(Cl)(Cl)CC=C(C)C. The zero-order valence-electron chi connectivity index (χ0n) is 6.95. The summed E-state index contributed by atoms with van der Waals surface area (Å²) in [5.74, 6) is -0.210. The van der Waals surface area contributed by atoms with E-state index in [2.05, 4.69) is 0 Å². The molecule has 0 amide bonds. The molecule has 0 aliphatic heterocycles. The summed E-state index contributed by atoms with van der Waals surface area (Å²) in [7, 11) is 0. The highest BCUT2D eigenvalue weighted by Crippen LogP contribution is 2.27. The Morgan fingerprint density at radius 2 is 1.82 bits per heavy atom. The molecule has 64 valence electrons. The minimum absolute atomic E-state index is 0.210. The summed E-state index contributed by atoms with van der Waals surface area (Å²) in [6, 6.07) is 0. The Morgan fingerprint density at radius 1 is 1.36 bits per heavy atom. The van der Waals surface area contributed by atoms with Gasteiger partial charge < -0.3 is 0 Å². The van der Waals surface area contributed by atoms with E-state index < -0.39 is 4.33 Å². The smallest absolute Gasteiger partial charge is 0.179 e. The van der Waals surface area contributed by atoms with Crippen LogP contribution in [-0.2, 0) is 4.79 Å². The number of halogens is 2. The standard InChI is InChI=1S/C8H12Cl2O/c1-6(2)4-5-8(9,10)7(3)11/h4H,5H2,1-3H3. The number of carbonyl (C=O) groups excluding carboxylic acids is 1. The molecule has 0 aromatic rings. The first-order valence-corrected chi connectivity index (χ1v) is 4.14. The maximum Gasteiger partial charge on any atom is 0.179 e. The van der Waals surface area contributed by atoms with Gasteiger partial charge in [0.15, 0.2) is 10.1 Å². The van der Waals surface area contributed by atoms with Crippen LogP contribution in [0.5, 0.6) is 0 Å². The average molecular weight is 195 g/mol. The second-order valence-electron chi connectivity index (χ2n) is 2.75. The monoisotopic (exact) mass is 194 g/mol. The molecule has 0 rings (SSSR count). The molecule has 0 aromatic carbocycles. The summed E-state index contributed by atoms with van der Waals surface area (Å²) >= 11 is 11.4. The average Bonchev–Trinajstić information content (AvgIpc) is 1.84. The molecule has 11 heavy (non-hydrogen) atoms. The van der Waals surface area contributed by atoms with Gasteiger partial charge in [0, 0.05) is 6.42 Å². The summed E-state index contributed by atoms with van der Waals surface area (Å²) < 4.78 is -1.24. The van der Waals surface area contributed by atoms with Gasteiger partial charge in [0.25, 0.3) is 0 Å². The van der Waals surface area contributed by atoms with Crippen molar-refractivity contribution in [3.63, 3.8) is 0 Å². The van der Waals surface area contributed by atoms with Crippen molar-refractivity contribution in [3.05, 3.63) is 11.6 Å². The largest absolute Gasteiger partial charge is 0.297 e. The summed E-state index contributed by atoms with van der Waals surface area (Å²) in [5.41, 5.74) is 1.11. The maximum absolute atomic E-state index is 10.8. The van der Waals surface area contributed by atoms with E-state index in [9.17, 15) is 4.79 Å². The lowest BCUT2D eigenvalue weighted by molar-refractivity contribution is -0.117. The van der Waals surface area contributed by atoms with Crippen molar-refractivity contribution in [1.82, 2.24) is 0 Å². The number of hydrogen-bond acceptors (Lipinski definition) is 1. The summed E-state index contributed by atoms with van der Waals surface area (Å²) in [4.78, 5) is 10.8. The molecule has 0 atom stereocenters. The summed E-state index contributed by atoms with van der Waals surface area (Å²) in [6.07, 6.45) is 2.23. The van der Waals surface area contributed by atoms with Crippen LogP contribution in [-0.4, -0.2) is 10.1 Å². The zero-order valence-corrected chi connectivity index (χ0v) is 8.46. The third-order valence-corrected chi connectivity index (χ3v) is 2.12. The van der Waals surface area contributed by atoms with E-state index >= 15 is 0 Å². The number of ketones is 1. The van der Waals surface area contributed by atoms with E-state index in [0.717, 1.165) is 5.57 Å². The lowest BCUT2D eigenvalue weighted by atomic mass is 10.2. The fourth-order valence-electron chi connectivity index (χ4n) is 0.476. The topological polar surface area (TPSA) is 17.1 Å². The predicted molar refractivity (Wildman–Crippen MR) is 49.2 cm³/mol. The molecule has 0 saturated heterocycles. The quantitative estimate of drug-likeness (QED) is 0.499. The van der Waals surface area contributed by atoms with Gasteiger partial charge in [-0.25, -0.2) is 0 Å². The van der Waals surface area contributed by atoms with Crippen LogP contribution < -0.4 is 0 Å². The van der Waals surface area contributed by atoms with Crippen LogP contribution in [0, 0.1) is 0 Å². The van der Waals surface area contributed by atoms with Crippen LogP contribution in [0.25, 0.3) is 0 Å². The third-order valence-electron chi connectivity index (χ3n) is 1.28. The second-order valence-corrected chi connectivity index (χ2v) is 4.23. The Morgan fingerprint density at radius 3 is 2.09 bits per heavy atom. The highest BCUT2D eigenvalue weighted by Gasteiger charge is 2.27. The Labute approximate surface area is 77.4 Å². The first kappa shape index (κ1) is 11.0. The van der Waals surface area contributed by atoms with E-state index in [1.165, 1.54) is 6.92 Å². The second kappa shape index (κ2) is 4.13. The molecule has 3 heteroatoms. The van der Waals surface area contributed by atoms with Crippen molar-refractivity contribution < 1.29 is 4.79 Å². The first-order valence-electron chi connectivity index (χ1n) is 3.38. The predicted octanol–water partition coefficient (Wildman–Crippen LogP) is 3.11. The molecule has 0 spiro atoms. The van der Waals surface area contributed by atoms with Crippen molar-refractivity contribution in [2.45, 2.75) is 31.5 Å². The van der Waals surface area contributed by atoms with Gasteiger partial charge in [0.1, 0.15) is 0 Å². The lowest BCUT2D eigenvalue weighted by Crippen LogP contribution is -2.21. The summed E-state index contributed by atoms with van der Waals surface area (Å²) in [5, 5.41) is 0. The molecule has 0 heterocycles. The number of Topliss-reactive ketones (excluding diaryl/α,β-unsaturated/α-hetero) is 1. The van der Waals surface area contributed by atoms with Crippen molar-refractivity contribution in [2.75, 3.05) is 0 Å². The van der Waals surface area contributed by atoms with E-state index in [1.807, 2.05) is 19.9 Å². The minimum atomic E-state index is -1.24. The van der Waals surface area contributed by atoms with Gasteiger partial charge in [-0.15, -0.1) is 0 Å². The molecule has 0 aliphatic rings. The van der Waals surface area contributed by atoms with E-state index in [-0.39, 0.29) is 5.78 Å². The highest BCUT2D eigenvalue weighted by molar-refractivity contribution is 6.58. The molecule has 0 N–H and O–H groups in total. The zero-order chi connectivity index (χ0) is 9.07. The van der Waals surface area contributed by atoms with Gasteiger partial charge in [-0.05, 0) is 20.8 Å². The van der Waals surface area contributed by atoms with Crippen molar-refractivity contribution in [1.29, 1.82) is 0 Å². The van der Waals surface area contributed by atoms with Gasteiger partial charge in [-0.3, -0.25) is 4.79 Å². The van der Waals surface area contributed by atoms with Gasteiger partial charge in [0.2, 0.25) is 0 Å². The van der Waals surface area contributed by atoms with Gasteiger partial charge >= 0.3 is 0 Å². The Balaban J connectivity index is 4.14. The molecule has 1 nitrogen and oxygen atoms in total. The molecule has 0 saturated carbocycles. The number of hydrogen-bond donors (Lipinski definition) is 0. The van der Waals surface area contributed by atoms with Crippen LogP contribution in [0.3, 0.4) is 0 Å². The van der Waals surface area contributed by atoms with Crippen LogP contribution in [0.2, 0.25) is 0 Å². The third kappa shape index (κ3) is 4.44. The molecule has 0 aromatic heterocycles. The summed E-state index contributed by atoms with van der Waals surface area (Å²) in [6.45, 7) is 5.26. The van der Waals surface area contributed by atoms with E-state index in [0.29, 0.717) is 6.42 Å². The fourth-order valence-corrected chi connectivity index (χ4v) is 0.630. The Hall–Kier alpha value is -0.0100. The van der Waals surface area contributed by atoms with Gasteiger partial charge in [-0.2, -0.15) is 0 Å².